The van der Waals surface area contributed by atoms with Crippen LogP contribution in [-0.4, -0.2) is 14.5 Å². The highest BCUT2D eigenvalue weighted by Gasteiger charge is 2.22. The quantitative estimate of drug-likeness (QED) is 0.212. The van der Waals surface area contributed by atoms with Crippen LogP contribution in [0.25, 0.3) is 82.2 Å². The normalized spacial score (nSPS) is 11.9. The lowest BCUT2D eigenvalue weighted by atomic mass is 9.93. The minimum atomic E-state index is 0.679. The molecule has 7 aromatic carbocycles. The molecule has 0 fully saturated rings. The Kier molecular flexibility index (Phi) is 4.61. The molecule has 0 spiro atoms. The van der Waals surface area contributed by atoms with E-state index in [4.69, 9.17) is 9.97 Å². The summed E-state index contributed by atoms with van der Waals surface area (Å²) in [6.07, 6.45) is 0. The maximum Gasteiger partial charge on any atom is 0.235 e. The Bertz CT molecular complexity index is 2470. The van der Waals surface area contributed by atoms with E-state index >= 15 is 0 Å². The summed E-state index contributed by atoms with van der Waals surface area (Å²) >= 11 is 0. The smallest absolute Gasteiger partial charge is 0.235 e. The molecule has 2 aromatic heterocycles. The summed E-state index contributed by atoms with van der Waals surface area (Å²) < 4.78 is 2.28. The van der Waals surface area contributed by atoms with Crippen molar-refractivity contribution in [3.05, 3.63) is 140 Å². The molecule has 0 atom stereocenters. The highest BCUT2D eigenvalue weighted by Crippen LogP contribution is 2.44. The second kappa shape index (κ2) is 8.48. The second-order valence-corrected chi connectivity index (χ2v) is 10.6. The van der Waals surface area contributed by atoms with Crippen LogP contribution < -0.4 is 0 Å². The van der Waals surface area contributed by atoms with Crippen molar-refractivity contribution in [1.29, 1.82) is 0 Å². The van der Waals surface area contributed by atoms with Gasteiger partial charge < -0.3 is 0 Å². The van der Waals surface area contributed by atoms with Gasteiger partial charge in [-0.15, -0.1) is 0 Å². The predicted octanol–water partition coefficient (Wildman–Crippen LogP) is 9.85. The maximum atomic E-state index is 5.31. The maximum absolute atomic E-state index is 5.31. The van der Waals surface area contributed by atoms with Gasteiger partial charge in [-0.1, -0.05) is 127 Å². The van der Waals surface area contributed by atoms with E-state index < -0.39 is 0 Å². The first-order chi connectivity index (χ1) is 20.4. The number of para-hydroxylation sites is 2. The summed E-state index contributed by atoms with van der Waals surface area (Å²) in [4.78, 5) is 10.5. The monoisotopic (exact) mass is 521 g/mol. The standard InChI is InChI=1S/C38H23N3/c1-2-13-25(14-3-1)36-30-18-8-10-20-32(30)39-38(40-36)41-33-21-11-9-19-31(33)35-34-26-15-5-4-12-24(26)22-23-28(34)27-16-6-7-17-29(27)37(35)41/h1-23H. The molecule has 0 unspecified atom stereocenters. The summed E-state index contributed by atoms with van der Waals surface area (Å²) in [5.41, 5.74) is 5.18. The third-order valence-corrected chi connectivity index (χ3v) is 8.36. The summed E-state index contributed by atoms with van der Waals surface area (Å²) in [5.74, 6) is 0.679. The van der Waals surface area contributed by atoms with Gasteiger partial charge in [-0.2, -0.15) is 0 Å². The van der Waals surface area contributed by atoms with Gasteiger partial charge in [-0.25, -0.2) is 9.97 Å². The molecule has 0 radical (unpaired) electrons. The van der Waals surface area contributed by atoms with Crippen LogP contribution in [0.15, 0.2) is 140 Å². The van der Waals surface area contributed by atoms with Crippen molar-refractivity contribution in [2.24, 2.45) is 0 Å². The first kappa shape index (κ1) is 22.3. The Morgan fingerprint density at radius 2 is 1.07 bits per heavy atom. The average Bonchev–Trinajstić information content (AvgIpc) is 3.40. The number of fused-ring (bicyclic) bond motifs is 11. The molecule has 0 saturated carbocycles. The average molecular weight is 522 g/mol. The van der Waals surface area contributed by atoms with Crippen LogP contribution >= 0.6 is 0 Å². The van der Waals surface area contributed by atoms with Gasteiger partial charge in [0.05, 0.1) is 22.2 Å². The van der Waals surface area contributed by atoms with Gasteiger partial charge in [0, 0.05) is 32.5 Å². The van der Waals surface area contributed by atoms with Gasteiger partial charge in [-0.05, 0) is 33.7 Å². The summed E-state index contributed by atoms with van der Waals surface area (Å²) in [7, 11) is 0. The fourth-order valence-corrected chi connectivity index (χ4v) is 6.63. The third-order valence-electron chi connectivity index (χ3n) is 8.36. The van der Waals surface area contributed by atoms with Gasteiger partial charge in [0.25, 0.3) is 0 Å². The fraction of sp³-hybridized carbons (Fsp3) is 0. The molecule has 2 heterocycles. The van der Waals surface area contributed by atoms with E-state index in [1.165, 1.54) is 43.1 Å². The van der Waals surface area contributed by atoms with Crippen LogP contribution in [0.2, 0.25) is 0 Å². The molecule has 0 N–H and O–H groups in total. The number of hydrogen-bond donors (Lipinski definition) is 0. The van der Waals surface area contributed by atoms with Crippen molar-refractivity contribution < 1.29 is 0 Å². The van der Waals surface area contributed by atoms with Gasteiger partial charge in [0.15, 0.2) is 0 Å². The molecule has 0 aliphatic heterocycles. The summed E-state index contributed by atoms with van der Waals surface area (Å²) in [5, 5.41) is 10.9. The van der Waals surface area contributed by atoms with Crippen LogP contribution in [0.1, 0.15) is 0 Å². The molecular formula is C38H23N3. The first-order valence-corrected chi connectivity index (χ1v) is 13.9. The zero-order valence-electron chi connectivity index (χ0n) is 22.1. The lowest BCUT2D eigenvalue weighted by Crippen LogP contribution is -2.03. The van der Waals surface area contributed by atoms with Gasteiger partial charge >= 0.3 is 0 Å². The Morgan fingerprint density at radius 1 is 0.415 bits per heavy atom. The minimum Gasteiger partial charge on any atom is -0.277 e. The predicted molar refractivity (Wildman–Crippen MR) is 172 cm³/mol. The fourth-order valence-electron chi connectivity index (χ4n) is 6.63. The lowest BCUT2D eigenvalue weighted by molar-refractivity contribution is 1.02. The molecular weight excluding hydrogens is 498 g/mol. The van der Waals surface area contributed by atoms with E-state index in [1.54, 1.807) is 0 Å². The zero-order valence-corrected chi connectivity index (χ0v) is 22.1. The molecule has 0 aliphatic rings. The number of aromatic nitrogens is 3. The molecule has 0 saturated heterocycles. The highest BCUT2D eigenvalue weighted by molar-refractivity contribution is 6.36. The van der Waals surface area contributed by atoms with Crippen LogP contribution in [0.5, 0.6) is 0 Å². The second-order valence-electron chi connectivity index (χ2n) is 10.6. The van der Waals surface area contributed by atoms with E-state index in [2.05, 4.69) is 138 Å². The van der Waals surface area contributed by atoms with Crippen molar-refractivity contribution in [2.75, 3.05) is 0 Å². The molecule has 0 aliphatic carbocycles. The molecule has 0 bridgehead atoms. The highest BCUT2D eigenvalue weighted by atomic mass is 15.2. The van der Waals surface area contributed by atoms with Crippen LogP contribution in [-0.2, 0) is 0 Å². The first-order valence-electron chi connectivity index (χ1n) is 13.9. The molecule has 3 nitrogen and oxygen atoms in total. The third kappa shape index (κ3) is 3.14. The molecule has 41 heavy (non-hydrogen) atoms. The number of hydrogen-bond acceptors (Lipinski definition) is 2. The topological polar surface area (TPSA) is 30.7 Å². The largest absolute Gasteiger partial charge is 0.277 e. The SMILES string of the molecule is c1ccc(-c2nc(-n3c4ccccc4c4c5c6ccccc6ccc5c5ccccc5c43)nc3ccccc23)cc1. The van der Waals surface area contributed by atoms with Crippen LogP contribution in [0.3, 0.4) is 0 Å². The van der Waals surface area contributed by atoms with Gasteiger partial charge in [0.2, 0.25) is 5.95 Å². The summed E-state index contributed by atoms with van der Waals surface area (Å²) in [6, 6.07) is 49.4. The number of rotatable bonds is 2. The van der Waals surface area contributed by atoms with Crippen molar-refractivity contribution in [3.63, 3.8) is 0 Å². The van der Waals surface area contributed by atoms with Crippen molar-refractivity contribution in [1.82, 2.24) is 14.5 Å². The minimum absolute atomic E-state index is 0.679. The van der Waals surface area contributed by atoms with Gasteiger partial charge in [0.1, 0.15) is 0 Å². The number of nitrogens with zero attached hydrogens (tertiary/aromatic N) is 3. The van der Waals surface area contributed by atoms with E-state index in [1.807, 2.05) is 6.07 Å². The van der Waals surface area contributed by atoms with Gasteiger partial charge in [-0.3, -0.25) is 4.57 Å². The Hall–Kier alpha value is -5.54. The molecule has 9 rings (SSSR count). The molecule has 190 valence electrons. The zero-order chi connectivity index (χ0) is 26.9. The van der Waals surface area contributed by atoms with E-state index in [-0.39, 0.29) is 0 Å². The van der Waals surface area contributed by atoms with Crippen molar-refractivity contribution >= 4 is 65.0 Å². The molecule has 0 amide bonds. The van der Waals surface area contributed by atoms with Crippen LogP contribution in [0.4, 0.5) is 0 Å². The van der Waals surface area contributed by atoms with E-state index in [0.717, 1.165) is 33.2 Å². The summed E-state index contributed by atoms with van der Waals surface area (Å²) in [6.45, 7) is 0. The Morgan fingerprint density at radius 3 is 1.93 bits per heavy atom. The Balaban J connectivity index is 1.55. The number of benzene rings is 7. The lowest BCUT2D eigenvalue weighted by Gasteiger charge is -2.14. The van der Waals surface area contributed by atoms with Crippen molar-refractivity contribution in [2.45, 2.75) is 0 Å². The van der Waals surface area contributed by atoms with Crippen molar-refractivity contribution in [3.8, 4) is 17.2 Å². The van der Waals surface area contributed by atoms with E-state index in [0.29, 0.717) is 5.95 Å². The molecule has 3 heteroatoms. The van der Waals surface area contributed by atoms with E-state index in [9.17, 15) is 0 Å². The molecule has 9 aromatic rings. The Labute approximate surface area is 235 Å². The van der Waals surface area contributed by atoms with Crippen LogP contribution in [0, 0.1) is 0 Å².